The minimum atomic E-state index is -1.92. The Bertz CT molecular complexity index is 5210. The molecule has 0 aliphatic heterocycles. The average molecular weight is 1340 g/mol. The van der Waals surface area contributed by atoms with Crippen molar-refractivity contribution in [1.29, 1.82) is 0 Å². The van der Waals surface area contributed by atoms with Crippen LogP contribution in [0, 0.1) is 27.7 Å². The van der Waals surface area contributed by atoms with Crippen LogP contribution in [0.4, 0.5) is 0 Å². The van der Waals surface area contributed by atoms with E-state index >= 15 is 0 Å². The van der Waals surface area contributed by atoms with Crippen molar-refractivity contribution in [3.63, 3.8) is 0 Å². The van der Waals surface area contributed by atoms with E-state index in [-0.39, 0.29) is 25.7 Å². The molecule has 4 heterocycles. The van der Waals surface area contributed by atoms with Crippen molar-refractivity contribution < 1.29 is 32.0 Å². The fourth-order valence-corrected chi connectivity index (χ4v) is 13.5. The van der Waals surface area contributed by atoms with Gasteiger partial charge in [-0.15, -0.1) is 0 Å². The third-order valence-electron chi connectivity index (χ3n) is 19.8. The van der Waals surface area contributed by atoms with Gasteiger partial charge in [0.15, 0.2) is 24.8 Å². The van der Waals surface area contributed by atoms with E-state index in [1.165, 1.54) is 89.3 Å². The van der Waals surface area contributed by atoms with Gasteiger partial charge in [-0.1, -0.05) is 231 Å². The lowest BCUT2D eigenvalue weighted by atomic mass is 9.84. The SMILES string of the molecule is CCc1cc(CC)cc(-c2ccc(-c3ccccc3C)[n+](C)c2)c1.Cc1ccccc1-c1ccc(-c2cc(C(C)C)cc(C(C)C)c2)c[n+]1C.[2H]C1([2H])CCC([2H])([2H])C1([2H])c1ccc(-c2cc[n+](C)c(-c3ccccc3C)c2)cc1.[2H]C1([2H])CCCC([2H])([2H])C1([2H])c1ccc(-c2cc[n+](C)c(-c3ccccc3C)c2)cc1. The number of nitrogens with zero attached hydrogens (tertiary/aromatic N) is 4. The van der Waals surface area contributed by atoms with Crippen molar-refractivity contribution in [2.75, 3.05) is 0 Å². The lowest BCUT2D eigenvalue weighted by molar-refractivity contribution is -0.660. The minimum Gasteiger partial charge on any atom is -0.201 e. The van der Waals surface area contributed by atoms with Gasteiger partial charge in [-0.2, -0.15) is 0 Å². The van der Waals surface area contributed by atoms with E-state index < -0.39 is 37.3 Å². The predicted octanol–water partition coefficient (Wildman–Crippen LogP) is 23.7. The van der Waals surface area contributed by atoms with Crippen LogP contribution in [-0.2, 0) is 41.0 Å². The Morgan fingerprint density at radius 2 is 0.653 bits per heavy atom. The molecule has 0 saturated heterocycles. The lowest BCUT2D eigenvalue weighted by Gasteiger charge is -2.22. The van der Waals surface area contributed by atoms with E-state index in [9.17, 15) is 0 Å². The Kier molecular flexibility index (Phi) is 20.3. The molecule has 14 rings (SSSR count). The molecule has 4 aromatic heterocycles. The van der Waals surface area contributed by atoms with Crippen LogP contribution >= 0.6 is 0 Å². The first kappa shape index (κ1) is 60.2. The van der Waals surface area contributed by atoms with Crippen molar-refractivity contribution in [3.8, 4) is 89.5 Å². The molecule has 0 bridgehead atoms. The molecule has 0 radical (unpaired) electrons. The summed E-state index contributed by atoms with van der Waals surface area (Å²) in [6.07, 6.45) is 4.02. The van der Waals surface area contributed by atoms with Gasteiger partial charge in [0.25, 0.3) is 0 Å². The van der Waals surface area contributed by atoms with E-state index in [1.807, 2.05) is 87.2 Å². The highest BCUT2D eigenvalue weighted by atomic mass is 14.9. The molecule has 4 nitrogen and oxygen atoms in total. The zero-order valence-corrected chi connectivity index (χ0v) is 62.1. The normalized spacial score (nSPS) is 17.1. The topological polar surface area (TPSA) is 15.5 Å². The fourth-order valence-electron chi connectivity index (χ4n) is 13.5. The number of aromatic nitrogens is 4. The molecule has 0 amide bonds. The fraction of sp³-hybridized carbons (Fsp3) is 0.299. The smallest absolute Gasteiger partial charge is 0.201 e. The summed E-state index contributed by atoms with van der Waals surface area (Å²) in [5.74, 6) is -2.76. The molecule has 12 aromatic rings. The molecular weight excluding hydrogens is 1220 g/mol. The number of hydrogen-bond acceptors (Lipinski definition) is 0. The van der Waals surface area contributed by atoms with E-state index in [2.05, 4.69) is 260 Å². The van der Waals surface area contributed by atoms with E-state index in [4.69, 9.17) is 13.7 Å². The predicted molar refractivity (Wildman–Crippen MR) is 427 cm³/mol. The standard InChI is InChI=1S/C25H28N.C25H30N.C24H26N.C23H26N/c1-19-8-6-7-11-24(19)25-18-23(16-17-26(25)2)22-14-12-21(13-15-22)20-9-4-3-5-10-20;1-17(2)21-13-22(18(3)4)15-23(14-21)20-11-12-25(26(6)16-20)24-10-8-7-9-19(24)5;1-18-7-3-6-10-23(18)24-17-22(15-16-25(24)2)21-13-11-20(12-14-21)19-8-4-5-9-19;1-5-18-13-19(6-2)15-21(14-18)20-11-12-23(24(4)16-20)22-10-8-7-9-17(22)3/h6-8,11-18,20H,3-5,9-10H2,1-2H3;7-18H,1-6H3;3,6-7,10-17,19H,4-5,8-9H2,1-2H3;7-16H,5-6H2,1-4H3/q4*+1/i9D2,10D2,20D;;8D2,9D2,19D;. The molecular formula is C97H110N4+4. The highest BCUT2D eigenvalue weighted by Crippen LogP contribution is 2.38. The van der Waals surface area contributed by atoms with E-state index in [0.717, 1.165) is 57.6 Å². The van der Waals surface area contributed by atoms with Gasteiger partial charge < -0.3 is 0 Å². The summed E-state index contributed by atoms with van der Waals surface area (Å²) in [5, 5.41) is 0. The van der Waals surface area contributed by atoms with Crippen LogP contribution in [0.1, 0.15) is 192 Å². The van der Waals surface area contributed by atoms with Gasteiger partial charge in [-0.25, -0.2) is 18.3 Å². The zero-order valence-electron chi connectivity index (χ0n) is 72.1. The maximum Gasteiger partial charge on any atom is 0.213 e. The van der Waals surface area contributed by atoms with Crippen LogP contribution in [0.25, 0.3) is 89.5 Å². The second-order valence-electron chi connectivity index (χ2n) is 27.8. The van der Waals surface area contributed by atoms with Gasteiger partial charge in [-0.05, 0) is 215 Å². The molecule has 8 aromatic carbocycles. The maximum absolute atomic E-state index is 8.89. The summed E-state index contributed by atoms with van der Waals surface area (Å²) >= 11 is 0. The van der Waals surface area contributed by atoms with Gasteiger partial charge in [-0.3, -0.25) is 0 Å². The molecule has 2 aliphatic rings. The van der Waals surface area contributed by atoms with Crippen molar-refractivity contribution in [1.82, 2.24) is 0 Å². The number of aryl methyl sites for hydroxylation is 10. The largest absolute Gasteiger partial charge is 0.213 e. The van der Waals surface area contributed by atoms with Gasteiger partial charge >= 0.3 is 0 Å². The van der Waals surface area contributed by atoms with Crippen molar-refractivity contribution in [2.45, 2.75) is 163 Å². The van der Waals surface area contributed by atoms with Crippen molar-refractivity contribution in [2.24, 2.45) is 28.2 Å². The Hall–Kier alpha value is -9.64. The minimum absolute atomic E-state index is 0.0558. The third kappa shape index (κ3) is 18.1. The van der Waals surface area contributed by atoms with Gasteiger partial charge in [0.1, 0.15) is 28.2 Å². The Labute approximate surface area is 620 Å². The van der Waals surface area contributed by atoms with Gasteiger partial charge in [0.05, 0.1) is 0 Å². The van der Waals surface area contributed by atoms with Gasteiger partial charge in [0.2, 0.25) is 22.8 Å². The Balaban J connectivity index is 0.000000147. The molecule has 2 aliphatic carbocycles. The van der Waals surface area contributed by atoms with E-state index in [0.29, 0.717) is 29.4 Å². The summed E-state index contributed by atoms with van der Waals surface area (Å²) in [7, 11) is 8.31. The molecule has 101 heavy (non-hydrogen) atoms. The highest BCUT2D eigenvalue weighted by Gasteiger charge is 2.22. The number of benzene rings is 8. The van der Waals surface area contributed by atoms with E-state index in [1.54, 1.807) is 24.3 Å². The highest BCUT2D eigenvalue weighted by molar-refractivity contribution is 5.73. The first-order valence-electron chi connectivity index (χ1n) is 41.4. The number of pyridine rings is 4. The lowest BCUT2D eigenvalue weighted by Crippen LogP contribution is -2.30. The molecule has 0 unspecified atom stereocenters. The first-order valence-corrected chi connectivity index (χ1v) is 36.4. The quantitative estimate of drug-likeness (QED) is 0.0965. The second kappa shape index (κ2) is 34.1. The van der Waals surface area contributed by atoms with Crippen LogP contribution in [0.15, 0.2) is 255 Å². The molecule has 4 heteroatoms. The molecule has 2 fully saturated rings. The monoisotopic (exact) mass is 1340 g/mol. The summed E-state index contributed by atoms with van der Waals surface area (Å²) in [5.41, 5.74) is 30.2. The Morgan fingerprint density at radius 3 is 0.990 bits per heavy atom. The molecule has 0 spiro atoms. The molecule has 2 saturated carbocycles. The summed E-state index contributed by atoms with van der Waals surface area (Å²) < 4.78 is 92.9. The average Bonchev–Trinajstić information content (AvgIpc) is 1.72. The zero-order chi connectivity index (χ0) is 80.1. The summed E-state index contributed by atoms with van der Waals surface area (Å²) in [6.45, 7) is 22.0. The number of rotatable bonds is 14. The van der Waals surface area contributed by atoms with Crippen LogP contribution < -0.4 is 18.3 Å². The maximum atomic E-state index is 8.89. The van der Waals surface area contributed by atoms with Gasteiger partial charge in [0, 0.05) is 83.5 Å². The van der Waals surface area contributed by atoms with Crippen LogP contribution in [0.2, 0.25) is 0 Å². The number of hydrogen-bond donors (Lipinski definition) is 0. The summed E-state index contributed by atoms with van der Waals surface area (Å²) in [4.78, 5) is 0. The molecule has 0 atom stereocenters. The van der Waals surface area contributed by atoms with Crippen LogP contribution in [0.5, 0.6) is 0 Å². The Morgan fingerprint density at radius 1 is 0.327 bits per heavy atom. The molecule has 0 N–H and O–H groups in total. The first-order chi connectivity index (χ1) is 52.6. The third-order valence-corrected chi connectivity index (χ3v) is 19.8. The van der Waals surface area contributed by atoms with Crippen molar-refractivity contribution in [3.05, 3.63) is 311 Å². The van der Waals surface area contributed by atoms with Crippen LogP contribution in [0.3, 0.4) is 0 Å². The second-order valence-corrected chi connectivity index (χ2v) is 27.8. The van der Waals surface area contributed by atoms with Crippen LogP contribution in [-0.4, -0.2) is 0 Å². The summed E-state index contributed by atoms with van der Waals surface area (Å²) in [6, 6.07) is 79.3. The molecule has 514 valence electrons. The van der Waals surface area contributed by atoms with Crippen molar-refractivity contribution >= 4 is 0 Å².